The summed E-state index contributed by atoms with van der Waals surface area (Å²) in [6.07, 6.45) is 1.68. The SMILES string of the molecule is O=S1(=Nc2ccccc2)CCC2(CC1)CNCCO2. The summed E-state index contributed by atoms with van der Waals surface area (Å²) in [5.74, 6) is 1.28. The third kappa shape index (κ3) is 2.99. The van der Waals surface area contributed by atoms with E-state index >= 15 is 0 Å². The van der Waals surface area contributed by atoms with Gasteiger partial charge in [0.25, 0.3) is 0 Å². The van der Waals surface area contributed by atoms with Crippen LogP contribution in [0.2, 0.25) is 0 Å². The highest BCUT2D eigenvalue weighted by atomic mass is 32.2. The molecule has 1 spiro atoms. The summed E-state index contributed by atoms with van der Waals surface area (Å²) in [5, 5.41) is 3.37. The molecule has 0 aromatic heterocycles. The predicted octanol–water partition coefficient (Wildman–Crippen LogP) is 1.94. The van der Waals surface area contributed by atoms with Crippen LogP contribution in [0, 0.1) is 0 Å². The number of hydrogen-bond donors (Lipinski definition) is 1. The Kier molecular flexibility index (Phi) is 3.60. The maximum atomic E-state index is 12.8. The van der Waals surface area contributed by atoms with Crippen molar-refractivity contribution in [2.75, 3.05) is 31.2 Å². The zero-order valence-corrected chi connectivity index (χ0v) is 11.8. The lowest BCUT2D eigenvalue weighted by molar-refractivity contribution is -0.0711. The molecule has 1 N–H and O–H groups in total. The first-order valence-electron chi connectivity index (χ1n) is 6.82. The predicted molar refractivity (Wildman–Crippen MR) is 77.2 cm³/mol. The number of ether oxygens (including phenoxy) is 1. The van der Waals surface area contributed by atoms with Gasteiger partial charge in [-0.25, -0.2) is 4.21 Å². The Bertz CT molecular complexity index is 528. The van der Waals surface area contributed by atoms with E-state index in [-0.39, 0.29) is 5.60 Å². The highest BCUT2D eigenvalue weighted by Crippen LogP contribution is 2.30. The summed E-state index contributed by atoms with van der Waals surface area (Å²) >= 11 is 0. The molecule has 4 nitrogen and oxygen atoms in total. The molecule has 1 aromatic rings. The Balaban J connectivity index is 1.75. The van der Waals surface area contributed by atoms with Gasteiger partial charge in [0.05, 0.1) is 27.6 Å². The van der Waals surface area contributed by atoms with Crippen LogP contribution in [0.5, 0.6) is 0 Å². The smallest absolute Gasteiger partial charge is 0.0825 e. The first kappa shape index (κ1) is 13.1. The summed E-state index contributed by atoms with van der Waals surface area (Å²) in [7, 11) is -2.10. The largest absolute Gasteiger partial charge is 0.372 e. The highest BCUT2D eigenvalue weighted by Gasteiger charge is 2.38. The van der Waals surface area contributed by atoms with Crippen LogP contribution < -0.4 is 5.32 Å². The fourth-order valence-electron chi connectivity index (χ4n) is 2.72. The lowest BCUT2D eigenvalue weighted by Gasteiger charge is -2.41. The second-order valence-corrected chi connectivity index (χ2v) is 7.86. The topological polar surface area (TPSA) is 50.7 Å². The number of nitrogens with one attached hydrogen (secondary N) is 1. The number of nitrogens with zero attached hydrogens (tertiary/aromatic N) is 1. The highest BCUT2D eigenvalue weighted by molar-refractivity contribution is 7.93. The Morgan fingerprint density at radius 2 is 1.95 bits per heavy atom. The Labute approximate surface area is 114 Å². The van der Waals surface area contributed by atoms with Crippen molar-refractivity contribution in [3.05, 3.63) is 30.3 Å². The normalized spacial score (nSPS) is 35.2. The van der Waals surface area contributed by atoms with Crippen molar-refractivity contribution in [2.24, 2.45) is 4.36 Å². The van der Waals surface area contributed by atoms with Crippen molar-refractivity contribution in [3.8, 4) is 0 Å². The van der Waals surface area contributed by atoms with E-state index in [2.05, 4.69) is 9.68 Å². The average molecular weight is 280 g/mol. The van der Waals surface area contributed by atoms with Gasteiger partial charge in [0.2, 0.25) is 0 Å². The molecule has 3 rings (SSSR count). The minimum Gasteiger partial charge on any atom is -0.372 e. The van der Waals surface area contributed by atoms with Crippen LogP contribution in [0.25, 0.3) is 0 Å². The quantitative estimate of drug-likeness (QED) is 0.855. The van der Waals surface area contributed by atoms with Gasteiger partial charge >= 0.3 is 0 Å². The van der Waals surface area contributed by atoms with Crippen LogP contribution in [-0.4, -0.2) is 41.0 Å². The van der Waals surface area contributed by atoms with Crippen LogP contribution in [-0.2, 0) is 14.5 Å². The third-order valence-electron chi connectivity index (χ3n) is 3.92. The standard InChI is InChI=1S/C14H20N2O2S/c17-19(16-13-4-2-1-3-5-13)10-6-14(7-11-19)12-15-8-9-18-14/h1-5,15H,6-12H2. The van der Waals surface area contributed by atoms with E-state index in [0.717, 1.165) is 38.2 Å². The molecule has 2 aliphatic heterocycles. The van der Waals surface area contributed by atoms with Gasteiger partial charge in [-0.05, 0) is 25.0 Å². The van der Waals surface area contributed by atoms with Crippen LogP contribution in [0.1, 0.15) is 12.8 Å². The molecule has 0 aliphatic carbocycles. The van der Waals surface area contributed by atoms with Gasteiger partial charge in [-0.1, -0.05) is 18.2 Å². The van der Waals surface area contributed by atoms with Gasteiger partial charge in [-0.3, -0.25) is 0 Å². The second kappa shape index (κ2) is 5.23. The molecule has 104 valence electrons. The molecule has 0 radical (unpaired) electrons. The summed E-state index contributed by atoms with van der Waals surface area (Å²) in [5.41, 5.74) is 0.733. The van der Waals surface area contributed by atoms with E-state index in [1.54, 1.807) is 0 Å². The third-order valence-corrected chi connectivity index (χ3v) is 6.14. The first-order valence-corrected chi connectivity index (χ1v) is 8.67. The molecule has 2 aliphatic rings. The van der Waals surface area contributed by atoms with Crippen molar-refractivity contribution < 1.29 is 8.95 Å². The molecule has 19 heavy (non-hydrogen) atoms. The molecule has 0 unspecified atom stereocenters. The molecule has 0 saturated carbocycles. The zero-order chi connectivity index (χ0) is 13.2. The van der Waals surface area contributed by atoms with E-state index < -0.39 is 9.73 Å². The van der Waals surface area contributed by atoms with Crippen molar-refractivity contribution in [2.45, 2.75) is 18.4 Å². The van der Waals surface area contributed by atoms with E-state index in [1.165, 1.54) is 0 Å². The first-order chi connectivity index (χ1) is 9.20. The molecule has 2 saturated heterocycles. The van der Waals surface area contributed by atoms with E-state index in [0.29, 0.717) is 11.5 Å². The molecule has 2 heterocycles. The summed E-state index contributed by atoms with van der Waals surface area (Å²) < 4.78 is 23.2. The maximum absolute atomic E-state index is 12.8. The van der Waals surface area contributed by atoms with E-state index in [1.807, 2.05) is 30.3 Å². The van der Waals surface area contributed by atoms with E-state index in [9.17, 15) is 4.21 Å². The summed E-state index contributed by atoms with van der Waals surface area (Å²) in [6.45, 7) is 2.57. The molecular formula is C14H20N2O2S. The number of hydrogen-bond acceptors (Lipinski definition) is 4. The number of benzene rings is 1. The minimum atomic E-state index is -2.10. The van der Waals surface area contributed by atoms with Crippen LogP contribution in [0.15, 0.2) is 34.7 Å². The molecular weight excluding hydrogens is 260 g/mol. The van der Waals surface area contributed by atoms with Gasteiger partial charge < -0.3 is 10.1 Å². The fourth-order valence-corrected chi connectivity index (χ4v) is 4.99. The van der Waals surface area contributed by atoms with Crippen molar-refractivity contribution in [1.29, 1.82) is 0 Å². The lowest BCUT2D eigenvalue weighted by Crippen LogP contribution is -2.53. The second-order valence-electron chi connectivity index (χ2n) is 5.32. The molecule has 0 bridgehead atoms. The van der Waals surface area contributed by atoms with E-state index in [4.69, 9.17) is 4.74 Å². The van der Waals surface area contributed by atoms with Crippen LogP contribution in [0.4, 0.5) is 5.69 Å². The van der Waals surface area contributed by atoms with Crippen LogP contribution in [0.3, 0.4) is 0 Å². The minimum absolute atomic E-state index is 0.0919. The van der Waals surface area contributed by atoms with Gasteiger partial charge in [0.1, 0.15) is 0 Å². The molecule has 5 heteroatoms. The number of morpholine rings is 1. The van der Waals surface area contributed by atoms with Gasteiger partial charge in [-0.15, -0.1) is 0 Å². The zero-order valence-electron chi connectivity index (χ0n) is 11.0. The summed E-state index contributed by atoms with van der Waals surface area (Å²) in [4.78, 5) is 0. The monoisotopic (exact) mass is 280 g/mol. The Morgan fingerprint density at radius 3 is 2.58 bits per heavy atom. The average Bonchev–Trinajstić information content (AvgIpc) is 2.45. The summed E-state index contributed by atoms with van der Waals surface area (Å²) in [6, 6.07) is 9.63. The molecule has 0 atom stereocenters. The molecule has 1 aromatic carbocycles. The van der Waals surface area contributed by atoms with Crippen LogP contribution >= 0.6 is 0 Å². The Morgan fingerprint density at radius 1 is 1.21 bits per heavy atom. The van der Waals surface area contributed by atoms with Crippen molar-refractivity contribution in [1.82, 2.24) is 5.32 Å². The number of rotatable bonds is 1. The van der Waals surface area contributed by atoms with Gasteiger partial charge in [0, 0.05) is 24.6 Å². The van der Waals surface area contributed by atoms with Gasteiger partial charge in [0.15, 0.2) is 0 Å². The molecule has 2 fully saturated rings. The lowest BCUT2D eigenvalue weighted by atomic mass is 9.95. The van der Waals surface area contributed by atoms with Gasteiger partial charge in [-0.2, -0.15) is 4.36 Å². The van der Waals surface area contributed by atoms with Crippen molar-refractivity contribution in [3.63, 3.8) is 0 Å². The Hall–Kier alpha value is -0.910. The molecule has 0 amide bonds. The maximum Gasteiger partial charge on any atom is 0.0825 e. The fraction of sp³-hybridized carbons (Fsp3) is 0.571. The van der Waals surface area contributed by atoms with Crippen molar-refractivity contribution >= 4 is 15.4 Å².